The van der Waals surface area contributed by atoms with Crippen molar-refractivity contribution in [3.8, 4) is 0 Å². The van der Waals surface area contributed by atoms with Gasteiger partial charge in [0.05, 0.1) is 5.71 Å². The summed E-state index contributed by atoms with van der Waals surface area (Å²) in [5.74, 6) is 0.496. The molecule has 3 heteroatoms. The molecule has 0 saturated heterocycles. The highest BCUT2D eigenvalue weighted by Crippen LogP contribution is 2.30. The third kappa shape index (κ3) is 1.69. The zero-order valence-corrected chi connectivity index (χ0v) is 8.63. The first-order valence-corrected chi connectivity index (χ1v) is 4.89. The van der Waals surface area contributed by atoms with E-state index in [9.17, 15) is 0 Å². The topological polar surface area (TPSA) is 47.6 Å². The summed E-state index contributed by atoms with van der Waals surface area (Å²) in [6.07, 6.45) is 3.68. The van der Waals surface area contributed by atoms with Crippen LogP contribution < -0.4 is 5.73 Å². The Hall–Kier alpha value is -0.990. The number of ether oxygens (including phenoxy) is 1. The van der Waals surface area contributed by atoms with Gasteiger partial charge in [-0.05, 0) is 19.8 Å². The van der Waals surface area contributed by atoms with Gasteiger partial charge < -0.3 is 10.5 Å². The van der Waals surface area contributed by atoms with Gasteiger partial charge in [0.1, 0.15) is 0 Å². The zero-order valence-electron chi connectivity index (χ0n) is 8.63. The third-order valence-electron chi connectivity index (χ3n) is 2.53. The summed E-state index contributed by atoms with van der Waals surface area (Å²) in [7, 11) is 0. The molecule has 1 aliphatic rings. The van der Waals surface area contributed by atoms with E-state index in [0.717, 1.165) is 25.1 Å². The Balaban J connectivity index is 2.94. The summed E-state index contributed by atoms with van der Waals surface area (Å²) in [5, 5.41) is 0. The van der Waals surface area contributed by atoms with Crippen molar-refractivity contribution in [1.82, 2.24) is 0 Å². The molecule has 0 aromatic rings. The molecule has 0 saturated carbocycles. The lowest BCUT2D eigenvalue weighted by Gasteiger charge is -2.27. The fourth-order valence-corrected chi connectivity index (χ4v) is 1.69. The maximum absolute atomic E-state index is 5.64. The molecular weight excluding hydrogens is 164 g/mol. The van der Waals surface area contributed by atoms with Gasteiger partial charge in [-0.3, -0.25) is 4.99 Å². The van der Waals surface area contributed by atoms with E-state index in [1.165, 1.54) is 0 Å². The first kappa shape index (κ1) is 10.1. The van der Waals surface area contributed by atoms with E-state index in [-0.39, 0.29) is 5.60 Å². The van der Waals surface area contributed by atoms with Gasteiger partial charge >= 0.3 is 0 Å². The van der Waals surface area contributed by atoms with Gasteiger partial charge in [-0.2, -0.15) is 0 Å². The Morgan fingerprint density at radius 2 is 2.00 bits per heavy atom. The number of hydrogen-bond donors (Lipinski definition) is 1. The van der Waals surface area contributed by atoms with E-state index >= 15 is 0 Å². The van der Waals surface area contributed by atoms with Crippen LogP contribution in [-0.2, 0) is 4.74 Å². The molecule has 74 valence electrons. The van der Waals surface area contributed by atoms with E-state index in [2.05, 4.69) is 18.8 Å². The van der Waals surface area contributed by atoms with E-state index in [1.807, 2.05) is 13.0 Å². The molecular formula is C10H18N2O. The average molecular weight is 182 g/mol. The van der Waals surface area contributed by atoms with Gasteiger partial charge in [0.25, 0.3) is 0 Å². The first-order chi connectivity index (χ1) is 6.18. The van der Waals surface area contributed by atoms with Crippen LogP contribution >= 0.6 is 0 Å². The van der Waals surface area contributed by atoms with E-state index in [4.69, 9.17) is 10.5 Å². The van der Waals surface area contributed by atoms with Crippen LogP contribution in [0.3, 0.4) is 0 Å². The summed E-state index contributed by atoms with van der Waals surface area (Å²) in [5.41, 5.74) is 6.39. The summed E-state index contributed by atoms with van der Waals surface area (Å²) in [6.45, 7) is 7.00. The minimum absolute atomic E-state index is 0.250. The monoisotopic (exact) mass is 182 g/mol. The Labute approximate surface area is 79.7 Å². The van der Waals surface area contributed by atoms with E-state index in [0.29, 0.717) is 5.88 Å². The van der Waals surface area contributed by atoms with Gasteiger partial charge in [-0.25, -0.2) is 0 Å². The molecule has 1 aliphatic heterocycles. The predicted octanol–water partition coefficient (Wildman–Crippen LogP) is 1.84. The van der Waals surface area contributed by atoms with Crippen LogP contribution in [0.2, 0.25) is 0 Å². The highest BCUT2D eigenvalue weighted by molar-refractivity contribution is 6.03. The first-order valence-electron chi connectivity index (χ1n) is 4.89. The lowest BCUT2D eigenvalue weighted by Crippen LogP contribution is -2.35. The molecule has 1 rings (SSSR count). The second kappa shape index (κ2) is 3.81. The fraction of sp³-hybridized carbons (Fsp3) is 0.700. The molecule has 0 atom stereocenters. The minimum Gasteiger partial charge on any atom is -0.466 e. The van der Waals surface area contributed by atoms with Crippen LogP contribution in [0.5, 0.6) is 0 Å². The van der Waals surface area contributed by atoms with Crippen molar-refractivity contribution < 1.29 is 4.74 Å². The SMILES string of the molecule is CCN=C1C=C(N)OC1(CC)CC. The van der Waals surface area contributed by atoms with Gasteiger partial charge in [-0.1, -0.05) is 13.8 Å². The average Bonchev–Trinajstić information content (AvgIpc) is 2.44. The number of aliphatic imine (C=N–C) groups is 1. The second-order valence-corrected chi connectivity index (χ2v) is 3.21. The molecule has 0 radical (unpaired) electrons. The summed E-state index contributed by atoms with van der Waals surface area (Å²) in [6, 6.07) is 0. The molecule has 0 unspecified atom stereocenters. The third-order valence-corrected chi connectivity index (χ3v) is 2.53. The normalized spacial score (nSPS) is 23.0. The maximum Gasteiger partial charge on any atom is 0.187 e. The van der Waals surface area contributed by atoms with Gasteiger partial charge in [-0.15, -0.1) is 0 Å². The van der Waals surface area contributed by atoms with Crippen LogP contribution in [0, 0.1) is 0 Å². The van der Waals surface area contributed by atoms with Crippen molar-refractivity contribution in [2.45, 2.75) is 39.2 Å². The van der Waals surface area contributed by atoms with Crippen LogP contribution in [0.1, 0.15) is 33.6 Å². The lowest BCUT2D eigenvalue weighted by molar-refractivity contribution is 0.0666. The molecule has 0 spiro atoms. The van der Waals surface area contributed by atoms with Crippen molar-refractivity contribution in [2.75, 3.05) is 6.54 Å². The van der Waals surface area contributed by atoms with Crippen molar-refractivity contribution in [1.29, 1.82) is 0 Å². The van der Waals surface area contributed by atoms with Gasteiger partial charge in [0, 0.05) is 12.6 Å². The van der Waals surface area contributed by atoms with Crippen LogP contribution in [0.4, 0.5) is 0 Å². The summed E-state index contributed by atoms with van der Waals surface area (Å²) in [4.78, 5) is 4.40. The smallest absolute Gasteiger partial charge is 0.187 e. The molecule has 0 bridgehead atoms. The Kier molecular flexibility index (Phi) is 2.96. The molecule has 0 aromatic carbocycles. The Morgan fingerprint density at radius 1 is 1.38 bits per heavy atom. The molecule has 0 fully saturated rings. The van der Waals surface area contributed by atoms with Gasteiger partial charge in [0.15, 0.2) is 11.5 Å². The van der Waals surface area contributed by atoms with Crippen LogP contribution in [-0.4, -0.2) is 17.9 Å². The lowest BCUT2D eigenvalue weighted by atomic mass is 9.92. The van der Waals surface area contributed by atoms with Crippen molar-refractivity contribution in [3.05, 3.63) is 12.0 Å². The van der Waals surface area contributed by atoms with E-state index in [1.54, 1.807) is 0 Å². The molecule has 0 amide bonds. The Morgan fingerprint density at radius 3 is 2.46 bits per heavy atom. The quantitative estimate of drug-likeness (QED) is 0.724. The highest BCUT2D eigenvalue weighted by atomic mass is 16.5. The molecule has 0 aliphatic carbocycles. The number of rotatable bonds is 3. The summed E-state index contributed by atoms with van der Waals surface area (Å²) >= 11 is 0. The number of hydrogen-bond acceptors (Lipinski definition) is 3. The molecule has 1 heterocycles. The highest BCUT2D eigenvalue weighted by Gasteiger charge is 2.38. The number of nitrogens with two attached hydrogens (primary N) is 1. The van der Waals surface area contributed by atoms with Gasteiger partial charge in [0.2, 0.25) is 0 Å². The van der Waals surface area contributed by atoms with Crippen LogP contribution in [0.15, 0.2) is 17.0 Å². The molecule has 2 N–H and O–H groups in total. The van der Waals surface area contributed by atoms with Crippen LogP contribution in [0.25, 0.3) is 0 Å². The number of nitrogens with zero attached hydrogens (tertiary/aromatic N) is 1. The van der Waals surface area contributed by atoms with Crippen molar-refractivity contribution in [3.63, 3.8) is 0 Å². The van der Waals surface area contributed by atoms with Crippen molar-refractivity contribution >= 4 is 5.71 Å². The molecule has 13 heavy (non-hydrogen) atoms. The maximum atomic E-state index is 5.64. The van der Waals surface area contributed by atoms with Crippen molar-refractivity contribution in [2.24, 2.45) is 10.7 Å². The minimum atomic E-state index is -0.250. The largest absolute Gasteiger partial charge is 0.466 e. The van der Waals surface area contributed by atoms with E-state index < -0.39 is 0 Å². The second-order valence-electron chi connectivity index (χ2n) is 3.21. The summed E-state index contributed by atoms with van der Waals surface area (Å²) < 4.78 is 5.62. The fourth-order valence-electron chi connectivity index (χ4n) is 1.69. The molecule has 0 aromatic heterocycles. The predicted molar refractivity (Wildman–Crippen MR) is 54.6 cm³/mol. The Bertz CT molecular complexity index is 239. The molecule has 3 nitrogen and oxygen atoms in total. The standard InChI is InChI=1S/C10H18N2O/c1-4-10(5-2)8(12-6-3)7-9(11)13-10/h7H,4-6,11H2,1-3H3. The zero-order chi connectivity index (χ0) is 9.90.